The van der Waals surface area contributed by atoms with Crippen molar-refractivity contribution in [2.75, 3.05) is 14.2 Å². The van der Waals surface area contributed by atoms with E-state index < -0.39 is 6.10 Å². The van der Waals surface area contributed by atoms with Gasteiger partial charge in [-0.05, 0) is 48.9 Å². The fraction of sp³-hybridized carbons (Fsp3) is 0.312. The van der Waals surface area contributed by atoms with Gasteiger partial charge in [0.05, 0.1) is 13.7 Å². The van der Waals surface area contributed by atoms with Gasteiger partial charge >= 0.3 is 0 Å². The smallest absolute Gasteiger partial charge is 0.249 e. The van der Waals surface area contributed by atoms with E-state index in [1.165, 1.54) is 12.0 Å². The summed E-state index contributed by atoms with van der Waals surface area (Å²) >= 11 is 1.66. The van der Waals surface area contributed by atoms with E-state index in [2.05, 4.69) is 11.4 Å². The van der Waals surface area contributed by atoms with E-state index >= 15 is 0 Å². The lowest BCUT2D eigenvalue weighted by molar-refractivity contribution is -0.130. The highest BCUT2D eigenvalue weighted by atomic mass is 32.1. The molecule has 0 radical (unpaired) electrons. The largest absolute Gasteiger partial charge is 0.497 e. The third-order valence-electron chi connectivity index (χ3n) is 3.20. The molecule has 2 aromatic rings. The van der Waals surface area contributed by atoms with Gasteiger partial charge in [0.1, 0.15) is 11.9 Å². The van der Waals surface area contributed by atoms with Crippen molar-refractivity contribution in [1.29, 1.82) is 0 Å². The van der Waals surface area contributed by atoms with Crippen molar-refractivity contribution in [2.45, 2.75) is 19.6 Å². The van der Waals surface area contributed by atoms with Crippen LogP contribution in [0.25, 0.3) is 10.4 Å². The maximum Gasteiger partial charge on any atom is 0.249 e. The number of hydrogen-bond donors (Lipinski definition) is 1. The minimum atomic E-state index is -0.425. The van der Waals surface area contributed by atoms with E-state index in [1.54, 1.807) is 25.4 Å². The molecule has 1 amide bonds. The summed E-state index contributed by atoms with van der Waals surface area (Å²) in [7, 11) is 3.18. The molecule has 1 aromatic heterocycles. The molecule has 21 heavy (non-hydrogen) atoms. The normalized spacial score (nSPS) is 12.0. The summed E-state index contributed by atoms with van der Waals surface area (Å²) in [6.45, 7) is 2.25. The predicted octanol–water partition coefficient (Wildman–Crippen LogP) is 3.07. The molecule has 112 valence electrons. The van der Waals surface area contributed by atoms with Gasteiger partial charge in [0.15, 0.2) is 0 Å². The fourth-order valence-corrected chi connectivity index (χ4v) is 2.76. The molecular weight excluding hydrogens is 286 g/mol. The number of ether oxygens (including phenoxy) is 2. The Labute approximate surface area is 128 Å². The fourth-order valence-electron chi connectivity index (χ4n) is 1.81. The number of amides is 1. The molecule has 0 saturated heterocycles. The second kappa shape index (κ2) is 7.24. The second-order valence-electron chi connectivity index (χ2n) is 4.59. The van der Waals surface area contributed by atoms with Crippen LogP contribution in [0.15, 0.2) is 36.4 Å². The molecule has 4 nitrogen and oxygen atoms in total. The zero-order valence-electron chi connectivity index (χ0n) is 12.4. The molecule has 1 atom stereocenters. The number of carbonyl (C=O) groups excluding carboxylic acids is 1. The van der Waals surface area contributed by atoms with Crippen molar-refractivity contribution in [3.63, 3.8) is 0 Å². The Morgan fingerprint density at radius 2 is 1.90 bits per heavy atom. The zero-order chi connectivity index (χ0) is 15.2. The number of carbonyl (C=O) groups is 1. The number of hydrogen-bond acceptors (Lipinski definition) is 4. The summed E-state index contributed by atoms with van der Waals surface area (Å²) < 4.78 is 10.1. The van der Waals surface area contributed by atoms with Crippen molar-refractivity contribution in [2.24, 2.45) is 0 Å². The van der Waals surface area contributed by atoms with Crippen LogP contribution in [0.3, 0.4) is 0 Å². The average molecular weight is 305 g/mol. The lowest BCUT2D eigenvalue weighted by Crippen LogP contribution is -2.33. The zero-order valence-corrected chi connectivity index (χ0v) is 13.2. The number of methoxy groups -OCH3 is 2. The Morgan fingerprint density at radius 3 is 2.52 bits per heavy atom. The predicted molar refractivity (Wildman–Crippen MR) is 84.6 cm³/mol. The Balaban J connectivity index is 1.99. The van der Waals surface area contributed by atoms with Gasteiger partial charge in [0.2, 0.25) is 5.91 Å². The summed E-state index contributed by atoms with van der Waals surface area (Å²) in [5.74, 6) is 0.744. The Kier molecular flexibility index (Phi) is 5.36. The minimum Gasteiger partial charge on any atom is -0.497 e. The second-order valence-corrected chi connectivity index (χ2v) is 5.76. The van der Waals surface area contributed by atoms with Crippen LogP contribution in [0.2, 0.25) is 0 Å². The van der Waals surface area contributed by atoms with E-state index in [-0.39, 0.29) is 5.91 Å². The van der Waals surface area contributed by atoms with Crippen molar-refractivity contribution in [1.82, 2.24) is 5.32 Å². The molecule has 0 fully saturated rings. The van der Waals surface area contributed by atoms with Gasteiger partial charge in [0, 0.05) is 16.9 Å². The van der Waals surface area contributed by atoms with Crippen LogP contribution in [0.1, 0.15) is 11.8 Å². The minimum absolute atomic E-state index is 0.100. The van der Waals surface area contributed by atoms with Crippen LogP contribution < -0.4 is 10.1 Å². The van der Waals surface area contributed by atoms with Crippen molar-refractivity contribution in [3.05, 3.63) is 41.3 Å². The van der Waals surface area contributed by atoms with E-state index in [0.29, 0.717) is 6.54 Å². The van der Waals surface area contributed by atoms with E-state index in [4.69, 9.17) is 9.47 Å². The Morgan fingerprint density at radius 1 is 1.19 bits per heavy atom. The first kappa shape index (κ1) is 15.5. The first-order valence-electron chi connectivity index (χ1n) is 6.67. The van der Waals surface area contributed by atoms with Gasteiger partial charge in [-0.25, -0.2) is 0 Å². The molecule has 0 aliphatic carbocycles. The summed E-state index contributed by atoms with van der Waals surface area (Å²) in [5, 5.41) is 2.86. The molecular formula is C16H19NO3S. The van der Waals surface area contributed by atoms with Gasteiger partial charge in [-0.1, -0.05) is 0 Å². The summed E-state index contributed by atoms with van der Waals surface area (Å²) in [4.78, 5) is 13.9. The standard InChI is InChI=1S/C16H19NO3S/c1-11(19-2)16(18)17-10-14-8-9-15(21-14)12-4-6-13(20-3)7-5-12/h4-9,11H,10H2,1-3H3,(H,17,18)/t11-/m0/s1. The number of thiophene rings is 1. The first-order chi connectivity index (χ1) is 10.1. The third kappa shape index (κ3) is 4.06. The van der Waals surface area contributed by atoms with Crippen LogP contribution in [-0.2, 0) is 16.1 Å². The van der Waals surface area contributed by atoms with Crippen molar-refractivity contribution in [3.8, 4) is 16.2 Å². The van der Waals surface area contributed by atoms with Gasteiger partial charge in [-0.3, -0.25) is 4.79 Å². The Hall–Kier alpha value is -1.85. The maximum atomic E-state index is 11.6. The molecule has 0 spiro atoms. The molecule has 0 bridgehead atoms. The summed E-state index contributed by atoms with van der Waals surface area (Å²) in [6.07, 6.45) is -0.425. The van der Waals surface area contributed by atoms with Gasteiger partial charge in [0.25, 0.3) is 0 Å². The molecule has 0 aliphatic rings. The van der Waals surface area contributed by atoms with Crippen LogP contribution in [-0.4, -0.2) is 26.2 Å². The van der Waals surface area contributed by atoms with E-state index in [0.717, 1.165) is 16.2 Å². The number of nitrogens with one attached hydrogen (secondary N) is 1. The molecule has 0 aliphatic heterocycles. The van der Waals surface area contributed by atoms with E-state index in [9.17, 15) is 4.79 Å². The van der Waals surface area contributed by atoms with Crippen molar-refractivity contribution >= 4 is 17.2 Å². The molecule has 5 heteroatoms. The molecule has 2 rings (SSSR count). The number of rotatable bonds is 6. The first-order valence-corrected chi connectivity index (χ1v) is 7.49. The molecule has 1 aromatic carbocycles. The lowest BCUT2D eigenvalue weighted by atomic mass is 10.2. The van der Waals surface area contributed by atoms with Gasteiger partial charge < -0.3 is 14.8 Å². The molecule has 1 heterocycles. The molecule has 0 unspecified atom stereocenters. The monoisotopic (exact) mass is 305 g/mol. The Bertz CT molecular complexity index is 592. The summed E-state index contributed by atoms with van der Waals surface area (Å²) in [5.41, 5.74) is 1.14. The van der Waals surface area contributed by atoms with Gasteiger partial charge in [-0.2, -0.15) is 0 Å². The van der Waals surface area contributed by atoms with E-state index in [1.807, 2.05) is 30.3 Å². The van der Waals surface area contributed by atoms with Crippen LogP contribution in [0, 0.1) is 0 Å². The number of benzene rings is 1. The topological polar surface area (TPSA) is 47.6 Å². The van der Waals surface area contributed by atoms with Crippen LogP contribution in [0.4, 0.5) is 0 Å². The highest BCUT2D eigenvalue weighted by molar-refractivity contribution is 7.15. The van der Waals surface area contributed by atoms with Crippen LogP contribution in [0.5, 0.6) is 5.75 Å². The lowest BCUT2D eigenvalue weighted by Gasteiger charge is -2.09. The quantitative estimate of drug-likeness (QED) is 0.892. The van der Waals surface area contributed by atoms with Crippen LogP contribution >= 0.6 is 11.3 Å². The SMILES string of the molecule is COc1ccc(-c2ccc(CNC(=O)[C@H](C)OC)s2)cc1. The third-order valence-corrected chi connectivity index (χ3v) is 4.33. The highest BCUT2D eigenvalue weighted by Crippen LogP contribution is 2.29. The maximum absolute atomic E-state index is 11.6. The average Bonchev–Trinajstić information content (AvgIpc) is 3.00. The highest BCUT2D eigenvalue weighted by Gasteiger charge is 2.11. The molecule has 0 saturated carbocycles. The molecule has 1 N–H and O–H groups in total. The van der Waals surface area contributed by atoms with Gasteiger partial charge in [-0.15, -0.1) is 11.3 Å². The van der Waals surface area contributed by atoms with Crippen molar-refractivity contribution < 1.29 is 14.3 Å². The summed E-state index contributed by atoms with van der Waals surface area (Å²) in [6, 6.07) is 12.0.